The van der Waals surface area contributed by atoms with Gasteiger partial charge in [-0.2, -0.15) is 0 Å². The Hall–Kier alpha value is -3.49. The van der Waals surface area contributed by atoms with E-state index < -0.39 is 47.7 Å². The summed E-state index contributed by atoms with van der Waals surface area (Å²) in [5.74, 6) is -8.51. The van der Waals surface area contributed by atoms with Gasteiger partial charge in [-0.3, -0.25) is 9.59 Å². The van der Waals surface area contributed by atoms with E-state index in [1.165, 1.54) is 13.8 Å². The first kappa shape index (κ1) is 23.7. The lowest BCUT2D eigenvalue weighted by Crippen LogP contribution is -2.40. The van der Waals surface area contributed by atoms with Crippen molar-refractivity contribution in [2.45, 2.75) is 25.7 Å². The molecule has 0 spiro atoms. The first-order valence-corrected chi connectivity index (χ1v) is 11.0. The molecule has 2 aliphatic carbocycles. The molecule has 4 rings (SSSR count). The van der Waals surface area contributed by atoms with Crippen molar-refractivity contribution in [3.05, 3.63) is 59.7 Å². The average molecular weight is 472 g/mol. The highest BCUT2D eigenvalue weighted by molar-refractivity contribution is 5.85. The number of rotatable bonds is 8. The predicted octanol–water partition coefficient (Wildman–Crippen LogP) is 3.63. The quantitative estimate of drug-likeness (QED) is 0.544. The van der Waals surface area contributed by atoms with Crippen LogP contribution in [0.2, 0.25) is 0 Å². The lowest BCUT2D eigenvalue weighted by molar-refractivity contribution is -0.146. The number of carboxylic acid groups (broad SMARTS) is 1. The number of alkyl carbamates (subject to hydrolysis) is 1. The van der Waals surface area contributed by atoms with E-state index >= 15 is 0 Å². The van der Waals surface area contributed by atoms with Crippen molar-refractivity contribution in [1.29, 1.82) is 0 Å². The molecule has 1 saturated carbocycles. The highest BCUT2D eigenvalue weighted by Crippen LogP contribution is 2.55. The summed E-state index contributed by atoms with van der Waals surface area (Å²) in [6.45, 7) is 2.12. The number of carboxylic acids is 1. The second-order valence-corrected chi connectivity index (χ2v) is 9.37. The number of ether oxygens (including phenoxy) is 1. The molecule has 9 heteroatoms. The molecule has 0 bridgehead atoms. The van der Waals surface area contributed by atoms with Crippen LogP contribution >= 0.6 is 0 Å². The maximum absolute atomic E-state index is 14.1. The van der Waals surface area contributed by atoms with E-state index in [4.69, 9.17) is 9.84 Å². The van der Waals surface area contributed by atoms with Crippen LogP contribution in [0, 0.1) is 17.3 Å². The summed E-state index contributed by atoms with van der Waals surface area (Å²) in [6, 6.07) is 15.7. The van der Waals surface area contributed by atoms with Crippen molar-refractivity contribution in [3.8, 4) is 11.1 Å². The average Bonchev–Trinajstić information content (AvgIpc) is 3.21. The van der Waals surface area contributed by atoms with Crippen molar-refractivity contribution in [2.75, 3.05) is 19.7 Å². The van der Waals surface area contributed by atoms with Gasteiger partial charge in [-0.25, -0.2) is 13.6 Å². The summed E-state index contributed by atoms with van der Waals surface area (Å²) in [6.07, 6.45) is -0.837. The molecule has 2 atom stereocenters. The molecule has 0 aliphatic heterocycles. The molecule has 0 heterocycles. The Morgan fingerprint density at radius 3 is 2.12 bits per heavy atom. The zero-order chi connectivity index (χ0) is 24.7. The largest absolute Gasteiger partial charge is 0.481 e. The van der Waals surface area contributed by atoms with Crippen LogP contribution in [0.1, 0.15) is 30.9 Å². The third kappa shape index (κ3) is 4.34. The Kier molecular flexibility index (Phi) is 6.05. The van der Waals surface area contributed by atoms with Gasteiger partial charge in [-0.1, -0.05) is 48.5 Å². The standard InChI is InChI=1S/C25H26F2N2O5/c1-24(2,22(31)32)13-29-21(30)20-19(25(20,26)27)11-28-23(33)34-12-18-16-9-5-3-7-14(16)15-8-4-6-10-17(15)18/h3-10,18-20H,11-13H2,1-2H3,(H,28,33)(H,29,30)(H,31,32). The van der Waals surface area contributed by atoms with E-state index in [-0.39, 0.29) is 19.1 Å². The molecular formula is C25H26F2N2O5. The van der Waals surface area contributed by atoms with Gasteiger partial charge in [0, 0.05) is 19.0 Å². The molecule has 2 aliphatic rings. The van der Waals surface area contributed by atoms with Gasteiger partial charge in [-0.05, 0) is 36.1 Å². The summed E-state index contributed by atoms with van der Waals surface area (Å²) in [5, 5.41) is 13.7. The molecule has 0 saturated heterocycles. The van der Waals surface area contributed by atoms with Crippen LogP contribution < -0.4 is 10.6 Å². The van der Waals surface area contributed by atoms with Crippen LogP contribution in [0.25, 0.3) is 11.1 Å². The fourth-order valence-electron chi connectivity index (χ4n) is 4.34. The molecule has 34 heavy (non-hydrogen) atoms. The molecule has 2 aromatic carbocycles. The highest BCUT2D eigenvalue weighted by Gasteiger charge is 2.71. The smallest absolute Gasteiger partial charge is 0.407 e. The minimum Gasteiger partial charge on any atom is -0.481 e. The summed E-state index contributed by atoms with van der Waals surface area (Å²) in [5.41, 5.74) is 2.93. The van der Waals surface area contributed by atoms with Gasteiger partial charge < -0.3 is 20.5 Å². The van der Waals surface area contributed by atoms with Crippen molar-refractivity contribution in [1.82, 2.24) is 10.6 Å². The lowest BCUT2D eigenvalue weighted by Gasteiger charge is -2.19. The second-order valence-electron chi connectivity index (χ2n) is 9.37. The number of halogens is 2. The number of aliphatic carboxylic acids is 1. The van der Waals surface area contributed by atoms with Crippen LogP contribution in [0.3, 0.4) is 0 Å². The van der Waals surface area contributed by atoms with Crippen LogP contribution in [0.5, 0.6) is 0 Å². The van der Waals surface area contributed by atoms with E-state index in [2.05, 4.69) is 10.6 Å². The zero-order valence-electron chi connectivity index (χ0n) is 18.8. The maximum atomic E-state index is 14.1. The normalized spacial score (nSPS) is 20.1. The molecule has 2 aromatic rings. The van der Waals surface area contributed by atoms with Gasteiger partial charge in [-0.15, -0.1) is 0 Å². The Balaban J connectivity index is 1.29. The fourth-order valence-corrected chi connectivity index (χ4v) is 4.34. The van der Waals surface area contributed by atoms with E-state index in [0.717, 1.165) is 22.3 Å². The second kappa shape index (κ2) is 8.70. The Morgan fingerprint density at radius 2 is 1.56 bits per heavy atom. The van der Waals surface area contributed by atoms with Crippen LogP contribution in [0.15, 0.2) is 48.5 Å². The minimum atomic E-state index is -3.28. The number of alkyl halides is 2. The van der Waals surface area contributed by atoms with Crippen molar-refractivity contribution in [2.24, 2.45) is 17.3 Å². The number of benzene rings is 2. The summed E-state index contributed by atoms with van der Waals surface area (Å²) >= 11 is 0. The third-order valence-corrected chi connectivity index (χ3v) is 6.58. The molecule has 2 amide bonds. The van der Waals surface area contributed by atoms with Crippen LogP contribution in [0.4, 0.5) is 13.6 Å². The van der Waals surface area contributed by atoms with Crippen molar-refractivity contribution in [3.63, 3.8) is 0 Å². The van der Waals surface area contributed by atoms with Crippen LogP contribution in [-0.2, 0) is 14.3 Å². The molecular weight excluding hydrogens is 446 g/mol. The SMILES string of the molecule is CC(C)(CNC(=O)C1C(CNC(=O)OCC2c3ccccc3-c3ccccc32)C1(F)F)C(=O)O. The summed E-state index contributed by atoms with van der Waals surface area (Å²) < 4.78 is 33.6. The Labute approximate surface area is 195 Å². The predicted molar refractivity (Wildman–Crippen MR) is 119 cm³/mol. The zero-order valence-corrected chi connectivity index (χ0v) is 18.8. The highest BCUT2D eigenvalue weighted by atomic mass is 19.3. The van der Waals surface area contributed by atoms with Gasteiger partial charge >= 0.3 is 12.1 Å². The van der Waals surface area contributed by atoms with Crippen molar-refractivity contribution >= 4 is 18.0 Å². The van der Waals surface area contributed by atoms with Crippen molar-refractivity contribution < 1.29 is 33.0 Å². The maximum Gasteiger partial charge on any atom is 0.407 e. The number of amides is 2. The lowest BCUT2D eigenvalue weighted by atomic mass is 9.94. The van der Waals surface area contributed by atoms with Gasteiger partial charge in [0.25, 0.3) is 5.92 Å². The Bertz CT molecular complexity index is 1090. The number of hydrogen-bond donors (Lipinski definition) is 3. The van der Waals surface area contributed by atoms with Gasteiger partial charge in [0.05, 0.1) is 11.3 Å². The summed E-state index contributed by atoms with van der Waals surface area (Å²) in [4.78, 5) is 35.5. The minimum absolute atomic E-state index is 0.0507. The first-order valence-electron chi connectivity index (χ1n) is 11.0. The van der Waals surface area contributed by atoms with E-state index in [1.807, 2.05) is 48.5 Å². The molecule has 0 radical (unpaired) electrons. The van der Waals surface area contributed by atoms with E-state index in [9.17, 15) is 23.2 Å². The molecule has 3 N–H and O–H groups in total. The monoisotopic (exact) mass is 472 g/mol. The topological polar surface area (TPSA) is 105 Å². The van der Waals surface area contributed by atoms with Gasteiger partial charge in [0.1, 0.15) is 12.5 Å². The number of nitrogens with one attached hydrogen (secondary N) is 2. The molecule has 1 fully saturated rings. The van der Waals surface area contributed by atoms with E-state index in [1.54, 1.807) is 0 Å². The Morgan fingerprint density at radius 1 is 1.00 bits per heavy atom. The summed E-state index contributed by atoms with van der Waals surface area (Å²) in [7, 11) is 0. The number of hydrogen-bond acceptors (Lipinski definition) is 4. The number of carbonyl (C=O) groups excluding carboxylic acids is 2. The third-order valence-electron chi connectivity index (χ3n) is 6.58. The molecule has 0 aromatic heterocycles. The van der Waals surface area contributed by atoms with E-state index in [0.29, 0.717) is 0 Å². The number of carbonyl (C=O) groups is 3. The van der Waals surface area contributed by atoms with Gasteiger partial charge in [0.2, 0.25) is 5.91 Å². The molecule has 180 valence electrons. The molecule has 2 unspecified atom stereocenters. The van der Waals surface area contributed by atoms with Gasteiger partial charge in [0.15, 0.2) is 0 Å². The van der Waals surface area contributed by atoms with Crippen LogP contribution in [-0.4, -0.2) is 48.7 Å². The fraction of sp³-hybridized carbons (Fsp3) is 0.400. The molecule has 7 nitrogen and oxygen atoms in total. The first-order chi connectivity index (χ1) is 16.0. The number of fused-ring (bicyclic) bond motifs is 3.